The van der Waals surface area contributed by atoms with Crippen LogP contribution in [0.15, 0.2) is 30.3 Å². The number of Topliss-reactive ketones (excluding diaryl/α,β-unsaturated/α-hetero) is 1. The van der Waals surface area contributed by atoms with Gasteiger partial charge in [0.2, 0.25) is 0 Å². The second-order valence-electron chi connectivity index (χ2n) is 5.96. The first-order valence-electron chi connectivity index (χ1n) is 7.25. The second kappa shape index (κ2) is 5.41. The Bertz CT molecular complexity index is 582. The Morgan fingerprint density at radius 2 is 1.68 bits per heavy atom. The summed E-state index contributed by atoms with van der Waals surface area (Å²) in [6.45, 7) is 0. The molecule has 2 fully saturated rings. The summed E-state index contributed by atoms with van der Waals surface area (Å²) in [5, 5.41) is 0. The number of rotatable bonds is 3. The van der Waals surface area contributed by atoms with Gasteiger partial charge < -0.3 is 4.74 Å². The molecule has 2 bridgehead atoms. The third-order valence-corrected chi connectivity index (χ3v) is 4.68. The molecule has 0 heterocycles. The standard InChI is InChI=1S/C16H15F3O3/c17-16(18,19)15(21)22-14-11-7-6-10(8-11)12(14)13(20)9-4-2-1-3-5-9/h1-5,10-12,14H,6-8H2/t10-,11+,12+,14-/m0/s1. The van der Waals surface area contributed by atoms with Crippen LogP contribution in [0.25, 0.3) is 0 Å². The van der Waals surface area contributed by atoms with Gasteiger partial charge in [-0.2, -0.15) is 13.2 Å². The van der Waals surface area contributed by atoms with Crippen LogP contribution in [-0.2, 0) is 9.53 Å². The van der Waals surface area contributed by atoms with E-state index < -0.39 is 24.2 Å². The van der Waals surface area contributed by atoms with E-state index in [4.69, 9.17) is 0 Å². The predicted octanol–water partition coefficient (Wildman–Crippen LogP) is 3.39. The monoisotopic (exact) mass is 312 g/mol. The molecule has 6 heteroatoms. The third kappa shape index (κ3) is 2.62. The van der Waals surface area contributed by atoms with Crippen molar-refractivity contribution in [1.82, 2.24) is 0 Å². The summed E-state index contributed by atoms with van der Waals surface area (Å²) in [5.74, 6) is -3.23. The van der Waals surface area contributed by atoms with Gasteiger partial charge in [-0.1, -0.05) is 30.3 Å². The molecule has 22 heavy (non-hydrogen) atoms. The minimum absolute atomic E-state index is 0.00346. The molecule has 3 rings (SSSR count). The third-order valence-electron chi connectivity index (χ3n) is 4.68. The normalized spacial score (nSPS) is 30.3. The number of benzene rings is 1. The zero-order valence-electron chi connectivity index (χ0n) is 11.7. The van der Waals surface area contributed by atoms with Crippen molar-refractivity contribution in [2.45, 2.75) is 31.5 Å². The molecule has 4 atom stereocenters. The van der Waals surface area contributed by atoms with E-state index in [1.165, 1.54) is 0 Å². The lowest BCUT2D eigenvalue weighted by atomic mass is 9.81. The van der Waals surface area contributed by atoms with Crippen LogP contribution in [-0.4, -0.2) is 24.0 Å². The quantitative estimate of drug-likeness (QED) is 0.635. The van der Waals surface area contributed by atoms with Crippen LogP contribution < -0.4 is 0 Å². The first-order valence-corrected chi connectivity index (χ1v) is 7.25. The van der Waals surface area contributed by atoms with E-state index in [2.05, 4.69) is 4.74 Å². The Morgan fingerprint density at radius 1 is 1.05 bits per heavy atom. The lowest BCUT2D eigenvalue weighted by molar-refractivity contribution is -0.208. The van der Waals surface area contributed by atoms with Gasteiger partial charge in [0.1, 0.15) is 6.10 Å². The zero-order valence-corrected chi connectivity index (χ0v) is 11.7. The number of halogens is 3. The SMILES string of the molecule is O=C(c1ccccc1)[C@H]1[C@H]2CC[C@H](C2)[C@@H]1OC(=O)C(F)(F)F. The van der Waals surface area contributed by atoms with Crippen molar-refractivity contribution < 1.29 is 27.5 Å². The number of carbonyl (C=O) groups is 2. The summed E-state index contributed by atoms with van der Waals surface area (Å²) in [4.78, 5) is 23.7. The molecule has 0 saturated heterocycles. The maximum absolute atomic E-state index is 12.6. The van der Waals surface area contributed by atoms with Gasteiger partial charge in [0, 0.05) is 5.56 Å². The van der Waals surface area contributed by atoms with E-state index in [1.807, 2.05) is 0 Å². The molecular weight excluding hydrogens is 297 g/mol. The van der Waals surface area contributed by atoms with E-state index >= 15 is 0 Å². The molecule has 0 radical (unpaired) electrons. The molecule has 0 aromatic heterocycles. The Kier molecular flexibility index (Phi) is 3.70. The van der Waals surface area contributed by atoms with Crippen molar-refractivity contribution in [2.75, 3.05) is 0 Å². The smallest absolute Gasteiger partial charge is 0.455 e. The van der Waals surface area contributed by atoms with Gasteiger partial charge in [-0.05, 0) is 31.1 Å². The minimum atomic E-state index is -5.03. The largest absolute Gasteiger partial charge is 0.490 e. The molecule has 118 valence electrons. The topological polar surface area (TPSA) is 43.4 Å². The lowest BCUT2D eigenvalue weighted by Crippen LogP contribution is -2.40. The highest BCUT2D eigenvalue weighted by atomic mass is 19.4. The van der Waals surface area contributed by atoms with Gasteiger partial charge in [-0.25, -0.2) is 4.79 Å². The fraction of sp³-hybridized carbons (Fsp3) is 0.500. The molecule has 2 saturated carbocycles. The maximum atomic E-state index is 12.6. The average Bonchev–Trinajstić information content (AvgIpc) is 3.07. The van der Waals surface area contributed by atoms with E-state index in [-0.39, 0.29) is 17.6 Å². The first-order chi connectivity index (χ1) is 10.4. The van der Waals surface area contributed by atoms with Crippen LogP contribution in [0.5, 0.6) is 0 Å². The molecule has 0 amide bonds. The van der Waals surface area contributed by atoms with Crippen molar-refractivity contribution in [3.8, 4) is 0 Å². The Balaban J connectivity index is 1.82. The van der Waals surface area contributed by atoms with Gasteiger partial charge in [0.15, 0.2) is 5.78 Å². The van der Waals surface area contributed by atoms with Crippen molar-refractivity contribution in [1.29, 1.82) is 0 Å². The molecular formula is C16H15F3O3. The van der Waals surface area contributed by atoms with Crippen LogP contribution in [0.2, 0.25) is 0 Å². The van der Waals surface area contributed by atoms with Gasteiger partial charge in [-0.15, -0.1) is 0 Å². The number of esters is 1. The van der Waals surface area contributed by atoms with Crippen LogP contribution in [0, 0.1) is 17.8 Å². The van der Waals surface area contributed by atoms with Crippen molar-refractivity contribution in [2.24, 2.45) is 17.8 Å². The van der Waals surface area contributed by atoms with Crippen LogP contribution in [0.1, 0.15) is 29.6 Å². The fourth-order valence-electron chi connectivity index (χ4n) is 3.76. The van der Waals surface area contributed by atoms with Crippen molar-refractivity contribution in [3.63, 3.8) is 0 Å². The number of fused-ring (bicyclic) bond motifs is 2. The summed E-state index contributed by atoms with van der Waals surface area (Å²) in [6, 6.07) is 8.45. The number of carbonyl (C=O) groups excluding carboxylic acids is 2. The second-order valence-corrected chi connectivity index (χ2v) is 5.96. The van der Waals surface area contributed by atoms with Gasteiger partial charge in [-0.3, -0.25) is 4.79 Å². The van der Waals surface area contributed by atoms with Crippen molar-refractivity contribution in [3.05, 3.63) is 35.9 Å². The molecule has 1 aromatic carbocycles. The minimum Gasteiger partial charge on any atom is -0.455 e. The number of ether oxygens (including phenoxy) is 1. The highest BCUT2D eigenvalue weighted by molar-refractivity contribution is 5.99. The van der Waals surface area contributed by atoms with Gasteiger partial charge in [0.05, 0.1) is 5.92 Å². The number of hydrogen-bond donors (Lipinski definition) is 0. The van der Waals surface area contributed by atoms with Crippen LogP contribution in [0.4, 0.5) is 13.2 Å². The van der Waals surface area contributed by atoms with E-state index in [9.17, 15) is 22.8 Å². The van der Waals surface area contributed by atoms with Crippen LogP contribution in [0.3, 0.4) is 0 Å². The highest BCUT2D eigenvalue weighted by Crippen LogP contribution is 2.51. The molecule has 0 N–H and O–H groups in total. The summed E-state index contributed by atoms with van der Waals surface area (Å²) in [7, 11) is 0. The molecule has 0 spiro atoms. The highest BCUT2D eigenvalue weighted by Gasteiger charge is 2.55. The number of alkyl halides is 3. The summed E-state index contributed by atoms with van der Waals surface area (Å²) in [6.07, 6.45) is -3.82. The van der Waals surface area contributed by atoms with E-state index in [0.717, 1.165) is 6.42 Å². The molecule has 0 aliphatic heterocycles. The van der Waals surface area contributed by atoms with E-state index in [1.54, 1.807) is 30.3 Å². The van der Waals surface area contributed by atoms with Gasteiger partial charge >= 0.3 is 12.1 Å². The maximum Gasteiger partial charge on any atom is 0.490 e. The predicted molar refractivity (Wildman–Crippen MR) is 71.0 cm³/mol. The summed E-state index contributed by atoms with van der Waals surface area (Å²) < 4.78 is 42.0. The van der Waals surface area contributed by atoms with Crippen LogP contribution >= 0.6 is 0 Å². The molecule has 2 aliphatic carbocycles. The zero-order chi connectivity index (χ0) is 15.9. The number of ketones is 1. The number of hydrogen-bond acceptors (Lipinski definition) is 3. The Morgan fingerprint density at radius 3 is 2.32 bits per heavy atom. The lowest BCUT2D eigenvalue weighted by Gasteiger charge is -2.30. The Hall–Kier alpha value is -1.85. The molecule has 1 aromatic rings. The van der Waals surface area contributed by atoms with E-state index in [0.29, 0.717) is 18.4 Å². The van der Waals surface area contributed by atoms with Crippen molar-refractivity contribution >= 4 is 11.8 Å². The Labute approximate surface area is 125 Å². The summed E-state index contributed by atoms with van der Waals surface area (Å²) in [5.41, 5.74) is 0.452. The first kappa shape index (κ1) is 15.1. The summed E-state index contributed by atoms with van der Waals surface area (Å²) >= 11 is 0. The fourth-order valence-corrected chi connectivity index (χ4v) is 3.76. The molecule has 2 aliphatic rings. The molecule has 0 unspecified atom stereocenters. The molecule has 3 nitrogen and oxygen atoms in total. The average molecular weight is 312 g/mol. The van der Waals surface area contributed by atoms with Gasteiger partial charge in [0.25, 0.3) is 0 Å².